The summed E-state index contributed by atoms with van der Waals surface area (Å²) < 4.78 is 12.9. The van der Waals surface area contributed by atoms with E-state index in [4.69, 9.17) is 9.16 Å². The van der Waals surface area contributed by atoms with E-state index in [0.717, 1.165) is 12.8 Å². The molecule has 28 heavy (non-hydrogen) atoms. The molecular formula is C24H32O3Si. The van der Waals surface area contributed by atoms with Crippen molar-refractivity contribution in [2.24, 2.45) is 5.92 Å². The van der Waals surface area contributed by atoms with E-state index in [1.54, 1.807) is 0 Å². The van der Waals surface area contributed by atoms with E-state index in [0.29, 0.717) is 0 Å². The lowest BCUT2D eigenvalue weighted by Crippen LogP contribution is -2.68. The molecule has 2 aromatic carbocycles. The van der Waals surface area contributed by atoms with Crippen LogP contribution in [0.3, 0.4) is 0 Å². The number of carbonyl (C=O) groups is 1. The maximum atomic E-state index is 12.0. The molecule has 3 atom stereocenters. The Morgan fingerprint density at radius 2 is 1.54 bits per heavy atom. The average molecular weight is 397 g/mol. The largest absolute Gasteiger partial charge is 0.459 e. The lowest BCUT2D eigenvalue weighted by Gasteiger charge is -2.45. The molecule has 2 aromatic rings. The number of esters is 1. The van der Waals surface area contributed by atoms with Gasteiger partial charge in [-0.05, 0) is 28.3 Å². The second-order valence-electron chi connectivity index (χ2n) is 8.84. The van der Waals surface area contributed by atoms with Gasteiger partial charge in [-0.1, -0.05) is 95.3 Å². The predicted molar refractivity (Wildman–Crippen MR) is 116 cm³/mol. The molecule has 0 spiro atoms. The second kappa shape index (κ2) is 8.22. The van der Waals surface area contributed by atoms with Gasteiger partial charge in [-0.25, -0.2) is 0 Å². The predicted octanol–water partition coefficient (Wildman–Crippen LogP) is 4.29. The van der Waals surface area contributed by atoms with Crippen LogP contribution in [0.15, 0.2) is 60.7 Å². The number of hydrogen-bond acceptors (Lipinski definition) is 3. The third kappa shape index (κ3) is 3.81. The maximum Gasteiger partial charge on any atom is 0.309 e. The van der Waals surface area contributed by atoms with E-state index < -0.39 is 8.32 Å². The molecule has 1 saturated heterocycles. The minimum absolute atomic E-state index is 0.0539. The molecule has 1 aliphatic rings. The fourth-order valence-corrected chi connectivity index (χ4v) is 9.11. The molecule has 0 saturated carbocycles. The summed E-state index contributed by atoms with van der Waals surface area (Å²) in [5, 5.41) is 2.42. The van der Waals surface area contributed by atoms with Crippen LogP contribution in [-0.4, -0.2) is 26.5 Å². The van der Waals surface area contributed by atoms with Crippen molar-refractivity contribution < 1.29 is 14.0 Å². The smallest absolute Gasteiger partial charge is 0.309 e. The van der Waals surface area contributed by atoms with E-state index in [-0.39, 0.29) is 29.1 Å². The highest BCUT2D eigenvalue weighted by Gasteiger charge is 2.52. The Hall–Kier alpha value is -1.91. The van der Waals surface area contributed by atoms with Crippen LogP contribution >= 0.6 is 0 Å². The Kier molecular flexibility index (Phi) is 6.11. The van der Waals surface area contributed by atoms with Crippen LogP contribution in [0.5, 0.6) is 0 Å². The van der Waals surface area contributed by atoms with Crippen molar-refractivity contribution in [3.63, 3.8) is 0 Å². The zero-order valence-corrected chi connectivity index (χ0v) is 18.6. The van der Waals surface area contributed by atoms with Crippen LogP contribution in [0.1, 0.15) is 47.5 Å². The van der Waals surface area contributed by atoms with Crippen LogP contribution in [0.25, 0.3) is 0 Å². The van der Waals surface area contributed by atoms with Gasteiger partial charge in [-0.3, -0.25) is 4.79 Å². The zero-order valence-electron chi connectivity index (χ0n) is 17.6. The molecule has 1 fully saturated rings. The minimum Gasteiger partial charge on any atom is -0.459 e. The van der Waals surface area contributed by atoms with Gasteiger partial charge in [0.1, 0.15) is 6.10 Å². The van der Waals surface area contributed by atoms with Crippen molar-refractivity contribution in [3.8, 4) is 0 Å². The van der Waals surface area contributed by atoms with Crippen molar-refractivity contribution >= 4 is 24.7 Å². The number of carbonyl (C=O) groups excluding carboxylic acids is 1. The quantitative estimate of drug-likeness (QED) is 0.540. The van der Waals surface area contributed by atoms with Crippen LogP contribution in [-0.2, 0) is 14.0 Å². The number of rotatable bonds is 6. The van der Waals surface area contributed by atoms with Gasteiger partial charge in [0.25, 0.3) is 8.32 Å². The summed E-state index contributed by atoms with van der Waals surface area (Å²) in [6.45, 7) is 10.9. The fourth-order valence-electron chi connectivity index (χ4n) is 4.33. The fraction of sp³-hybridized carbons (Fsp3) is 0.458. The summed E-state index contributed by atoms with van der Waals surface area (Å²) in [5.41, 5.74) is 0. The summed E-state index contributed by atoms with van der Waals surface area (Å²) in [5.74, 6) is -0.156. The van der Waals surface area contributed by atoms with Gasteiger partial charge in [-0.2, -0.15) is 0 Å². The SMILES string of the molecule is CC[C@H](O[Si](c1ccccc1)(c1ccccc1)C(C)(C)C)[C@@H]1C[C@@H](C)C(=O)O1. The number of ether oxygens (including phenoxy) is 1. The first-order chi connectivity index (χ1) is 13.3. The van der Waals surface area contributed by atoms with E-state index in [1.165, 1.54) is 10.4 Å². The molecule has 0 bridgehead atoms. The standard InChI is InChI=1S/C24H32O3Si/c1-6-21(22-17-18(2)23(25)26-22)27-28(24(3,4)5,19-13-9-7-10-14-19)20-15-11-8-12-16-20/h7-16,18,21-22H,6,17H2,1-5H3/t18-,21+,22+/m1/s1. The topological polar surface area (TPSA) is 35.5 Å². The first-order valence-electron chi connectivity index (χ1n) is 10.3. The van der Waals surface area contributed by atoms with Crippen molar-refractivity contribution in [1.29, 1.82) is 0 Å². The number of benzene rings is 2. The molecular weight excluding hydrogens is 364 g/mol. The molecule has 0 aromatic heterocycles. The van der Waals surface area contributed by atoms with E-state index >= 15 is 0 Å². The summed E-state index contributed by atoms with van der Waals surface area (Å²) >= 11 is 0. The van der Waals surface area contributed by atoms with Gasteiger partial charge < -0.3 is 9.16 Å². The maximum absolute atomic E-state index is 12.0. The highest BCUT2D eigenvalue weighted by atomic mass is 28.4. The monoisotopic (exact) mass is 396 g/mol. The van der Waals surface area contributed by atoms with E-state index in [9.17, 15) is 4.79 Å². The Bertz CT molecular complexity index is 743. The van der Waals surface area contributed by atoms with Gasteiger partial charge in [0, 0.05) is 0 Å². The number of hydrogen-bond donors (Lipinski definition) is 0. The molecule has 3 nitrogen and oxygen atoms in total. The Labute approximate surface area is 170 Å². The van der Waals surface area contributed by atoms with Crippen molar-refractivity contribution in [2.75, 3.05) is 0 Å². The summed E-state index contributed by atoms with van der Waals surface area (Å²) in [7, 11) is -2.64. The molecule has 0 N–H and O–H groups in total. The molecule has 0 amide bonds. The molecule has 1 heterocycles. The lowest BCUT2D eigenvalue weighted by molar-refractivity contribution is -0.147. The van der Waals surface area contributed by atoms with Crippen LogP contribution in [0.4, 0.5) is 0 Å². The second-order valence-corrected chi connectivity index (χ2v) is 13.1. The van der Waals surface area contributed by atoms with Gasteiger partial charge in [0.05, 0.1) is 12.0 Å². The average Bonchev–Trinajstić information content (AvgIpc) is 3.02. The van der Waals surface area contributed by atoms with Crippen molar-refractivity contribution in [2.45, 2.75) is 64.7 Å². The van der Waals surface area contributed by atoms with Crippen molar-refractivity contribution in [3.05, 3.63) is 60.7 Å². The van der Waals surface area contributed by atoms with Gasteiger partial charge >= 0.3 is 5.97 Å². The normalized spacial score (nSPS) is 21.4. The molecule has 3 rings (SSSR count). The molecule has 0 unspecified atom stereocenters. The minimum atomic E-state index is -2.64. The highest BCUT2D eigenvalue weighted by Crippen LogP contribution is 2.39. The van der Waals surface area contributed by atoms with Crippen LogP contribution in [0.2, 0.25) is 5.04 Å². The van der Waals surface area contributed by atoms with Gasteiger partial charge in [0.15, 0.2) is 0 Å². The third-order valence-electron chi connectivity index (χ3n) is 5.82. The first-order valence-corrected chi connectivity index (χ1v) is 12.2. The third-order valence-corrected chi connectivity index (χ3v) is 10.9. The van der Waals surface area contributed by atoms with Crippen LogP contribution in [0, 0.1) is 5.92 Å². The van der Waals surface area contributed by atoms with Gasteiger partial charge in [-0.15, -0.1) is 0 Å². The Morgan fingerprint density at radius 1 is 1.04 bits per heavy atom. The summed E-state index contributed by atoms with van der Waals surface area (Å²) in [6.07, 6.45) is 1.26. The number of cyclic esters (lactones) is 1. The molecule has 150 valence electrons. The van der Waals surface area contributed by atoms with E-state index in [2.05, 4.69) is 76.2 Å². The first kappa shape index (κ1) is 20.8. The van der Waals surface area contributed by atoms with E-state index in [1.807, 2.05) is 19.1 Å². The lowest BCUT2D eigenvalue weighted by atomic mass is 10.0. The molecule has 4 heteroatoms. The zero-order chi connectivity index (χ0) is 20.4. The van der Waals surface area contributed by atoms with Gasteiger partial charge in [0.2, 0.25) is 0 Å². The summed E-state index contributed by atoms with van der Waals surface area (Å²) in [6, 6.07) is 21.2. The Balaban J connectivity index is 2.11. The van der Waals surface area contributed by atoms with Crippen molar-refractivity contribution in [1.82, 2.24) is 0 Å². The highest BCUT2D eigenvalue weighted by molar-refractivity contribution is 6.99. The Morgan fingerprint density at radius 3 is 1.89 bits per heavy atom. The van der Waals surface area contributed by atoms with Crippen LogP contribution < -0.4 is 10.4 Å². The molecule has 0 radical (unpaired) electrons. The molecule has 1 aliphatic heterocycles. The summed E-state index contributed by atoms with van der Waals surface area (Å²) in [4.78, 5) is 12.0. The molecule has 0 aliphatic carbocycles.